The van der Waals surface area contributed by atoms with Gasteiger partial charge >= 0.3 is 0 Å². The first-order valence-corrected chi connectivity index (χ1v) is 20.3. The van der Waals surface area contributed by atoms with E-state index in [1.807, 2.05) is 0 Å². The van der Waals surface area contributed by atoms with E-state index in [1.54, 1.807) is 0 Å². The lowest BCUT2D eigenvalue weighted by atomic mass is 11.0. The molecule has 0 rings (SSSR count). The van der Waals surface area contributed by atoms with Crippen molar-refractivity contribution < 1.29 is 0 Å². The molecule has 0 amide bonds. The predicted octanol–water partition coefficient (Wildman–Crippen LogP) is 5.23. The van der Waals surface area contributed by atoms with Gasteiger partial charge in [0, 0.05) is 0 Å². The van der Waals surface area contributed by atoms with Gasteiger partial charge in [0.15, 0.2) is 0 Å². The van der Waals surface area contributed by atoms with Crippen LogP contribution in [-0.4, -0.2) is 7.86 Å². The van der Waals surface area contributed by atoms with Crippen LogP contribution in [0.5, 0.6) is 0 Å². The van der Waals surface area contributed by atoms with Crippen LogP contribution >= 0.6 is 91.8 Å². The molecule has 0 saturated heterocycles. The van der Waals surface area contributed by atoms with Gasteiger partial charge in [-0.25, -0.2) is 0 Å². The Hall–Kier alpha value is 3.31. The first kappa shape index (κ1) is 13.3. The highest BCUT2D eigenvalue weighted by molar-refractivity contribution is 9.72. The molecule has 0 aromatic carbocycles. The molecule has 0 unspecified atom stereocenters. The SMILES string of the molecule is Br[Si](Br)(Br)CC[Si](Br)(Br)Br. The highest BCUT2D eigenvalue weighted by Crippen LogP contribution is 2.40. The first-order valence-electron chi connectivity index (χ1n) is 2.34. The van der Waals surface area contributed by atoms with Crippen LogP contribution in [0.1, 0.15) is 0 Å². The minimum Gasteiger partial charge on any atom is -0.0964 e. The molecule has 0 aromatic rings. The summed E-state index contributed by atoms with van der Waals surface area (Å²) >= 11 is 21.4. The van der Waals surface area contributed by atoms with Crippen molar-refractivity contribution >= 4 is 99.6 Å². The molecule has 0 aliphatic heterocycles. The quantitative estimate of drug-likeness (QED) is 0.326. The Morgan fingerprint density at radius 2 is 0.800 bits per heavy atom. The van der Waals surface area contributed by atoms with Crippen LogP contribution in [0.25, 0.3) is 0 Å². The van der Waals surface area contributed by atoms with Crippen LogP contribution in [-0.2, 0) is 0 Å². The molecule has 0 aliphatic rings. The molecule has 0 nitrogen and oxygen atoms in total. The van der Waals surface area contributed by atoms with E-state index < -0.39 is 7.86 Å². The Balaban J connectivity index is 3.56. The number of halogens is 6. The molecule has 62 valence electrons. The van der Waals surface area contributed by atoms with Gasteiger partial charge in [-0.05, 0) is 12.1 Å². The van der Waals surface area contributed by atoms with Crippen LogP contribution in [0.2, 0.25) is 12.1 Å². The van der Waals surface area contributed by atoms with Crippen LogP contribution in [0, 0.1) is 0 Å². The van der Waals surface area contributed by atoms with Crippen molar-refractivity contribution in [1.82, 2.24) is 0 Å². The average molecular weight is 564 g/mol. The Labute approximate surface area is 110 Å². The predicted molar refractivity (Wildman–Crippen MR) is 74.7 cm³/mol. The van der Waals surface area contributed by atoms with Crippen molar-refractivity contribution in [1.29, 1.82) is 0 Å². The lowest BCUT2D eigenvalue weighted by Gasteiger charge is -2.12. The maximum atomic E-state index is 3.56. The lowest BCUT2D eigenvalue weighted by Crippen LogP contribution is -2.13. The van der Waals surface area contributed by atoms with Crippen molar-refractivity contribution in [3.05, 3.63) is 0 Å². The normalized spacial score (nSPS) is 13.8. The minimum absolute atomic E-state index is 1.14. The van der Waals surface area contributed by atoms with E-state index in [9.17, 15) is 0 Å². The molecule has 0 spiro atoms. The smallest absolute Gasteiger partial charge is 0.0964 e. The van der Waals surface area contributed by atoms with Crippen molar-refractivity contribution in [2.24, 2.45) is 0 Å². The summed E-state index contributed by atoms with van der Waals surface area (Å²) < 4.78 is -2.77. The summed E-state index contributed by atoms with van der Waals surface area (Å²) in [6.45, 7) is 0. The van der Waals surface area contributed by atoms with Crippen molar-refractivity contribution in [3.8, 4) is 0 Å². The maximum absolute atomic E-state index is 3.56. The van der Waals surface area contributed by atoms with Crippen LogP contribution in [0.4, 0.5) is 0 Å². The largest absolute Gasteiger partial charge is 0.267 e. The fourth-order valence-corrected chi connectivity index (χ4v) is 13.3. The van der Waals surface area contributed by atoms with Crippen LogP contribution < -0.4 is 0 Å². The molecular weight excluding hydrogens is 560 g/mol. The van der Waals surface area contributed by atoms with Crippen molar-refractivity contribution in [3.63, 3.8) is 0 Å². The third-order valence-corrected chi connectivity index (χ3v) is 9.96. The fourth-order valence-electron chi connectivity index (χ4n) is 0.283. The molecule has 0 heterocycles. The maximum Gasteiger partial charge on any atom is 0.267 e. The first-order chi connectivity index (χ1) is 4.21. The zero-order valence-corrected chi connectivity index (χ0v) is 16.2. The second-order valence-electron chi connectivity index (χ2n) is 1.73. The van der Waals surface area contributed by atoms with Crippen molar-refractivity contribution in [2.75, 3.05) is 0 Å². The van der Waals surface area contributed by atoms with Gasteiger partial charge in [0.05, 0.1) is 0 Å². The van der Waals surface area contributed by atoms with E-state index in [0.29, 0.717) is 0 Å². The molecular formula is C2H4Br6Si2. The van der Waals surface area contributed by atoms with Crippen LogP contribution in [0.3, 0.4) is 0 Å². The molecule has 10 heavy (non-hydrogen) atoms. The third kappa shape index (κ3) is 11.3. The summed E-state index contributed by atoms with van der Waals surface area (Å²) in [5, 5.41) is 0. The highest BCUT2D eigenvalue weighted by atomic mass is 80.0. The molecule has 0 saturated carbocycles. The Morgan fingerprint density at radius 3 is 0.900 bits per heavy atom. The molecule has 0 radical (unpaired) electrons. The minimum atomic E-state index is -1.38. The standard InChI is InChI=1S/C2H4Br6Si2/c3-9(4,5)1-2-10(6,7)8/h1-2H2. The Morgan fingerprint density at radius 1 is 0.600 bits per heavy atom. The monoisotopic (exact) mass is 557 g/mol. The number of rotatable bonds is 3. The van der Waals surface area contributed by atoms with Gasteiger partial charge in [-0.1, -0.05) is 91.8 Å². The van der Waals surface area contributed by atoms with Gasteiger partial charge < -0.3 is 0 Å². The number of hydrogen-bond donors (Lipinski definition) is 0. The van der Waals surface area contributed by atoms with E-state index in [4.69, 9.17) is 0 Å². The second-order valence-corrected chi connectivity index (χ2v) is 48.7. The van der Waals surface area contributed by atoms with Crippen molar-refractivity contribution in [2.45, 2.75) is 12.1 Å². The summed E-state index contributed by atoms with van der Waals surface area (Å²) in [5.74, 6) is 0. The molecule has 0 fully saturated rings. The molecule has 0 N–H and O–H groups in total. The highest BCUT2D eigenvalue weighted by Gasteiger charge is 2.29. The summed E-state index contributed by atoms with van der Waals surface area (Å²) in [6, 6.07) is 2.28. The zero-order chi connectivity index (χ0) is 8.41. The number of hydrogen-bond acceptors (Lipinski definition) is 0. The van der Waals surface area contributed by atoms with Gasteiger partial charge in [-0.2, -0.15) is 0 Å². The van der Waals surface area contributed by atoms with Gasteiger partial charge in [-0.15, -0.1) is 0 Å². The van der Waals surface area contributed by atoms with Gasteiger partial charge in [0.25, 0.3) is 7.86 Å². The molecule has 0 aliphatic carbocycles. The topological polar surface area (TPSA) is 0 Å². The molecule has 0 bridgehead atoms. The summed E-state index contributed by atoms with van der Waals surface area (Å²) in [7, 11) is 0. The van der Waals surface area contributed by atoms with E-state index in [2.05, 4.69) is 91.8 Å². The molecule has 0 aromatic heterocycles. The molecule has 0 atom stereocenters. The van der Waals surface area contributed by atoms with Gasteiger partial charge in [0.2, 0.25) is 0 Å². The summed E-state index contributed by atoms with van der Waals surface area (Å²) in [6.07, 6.45) is 0. The van der Waals surface area contributed by atoms with E-state index >= 15 is 0 Å². The zero-order valence-electron chi connectivity index (χ0n) is 4.68. The van der Waals surface area contributed by atoms with Gasteiger partial charge in [0.1, 0.15) is 0 Å². The average Bonchev–Trinajstić information content (AvgIpc) is 1.57. The Bertz CT molecular complexity index is 87.3. The second kappa shape index (κ2) is 5.26. The summed E-state index contributed by atoms with van der Waals surface area (Å²) in [4.78, 5) is 0. The molecule has 8 heteroatoms. The summed E-state index contributed by atoms with van der Waals surface area (Å²) in [5.41, 5.74) is 0. The van der Waals surface area contributed by atoms with Crippen LogP contribution in [0.15, 0.2) is 0 Å². The fraction of sp³-hybridized carbons (Fsp3) is 1.00. The van der Waals surface area contributed by atoms with E-state index in [0.717, 1.165) is 12.1 Å². The lowest BCUT2D eigenvalue weighted by molar-refractivity contribution is 1.44. The van der Waals surface area contributed by atoms with E-state index in [1.165, 1.54) is 0 Å². The van der Waals surface area contributed by atoms with E-state index in [-0.39, 0.29) is 0 Å². The van der Waals surface area contributed by atoms with Gasteiger partial charge in [-0.3, -0.25) is 0 Å². The third-order valence-electron chi connectivity index (χ3n) is 0.692. The Kier molecular flexibility index (Phi) is 7.00.